The number of hydrogen-bond donors (Lipinski definition) is 3. The quantitative estimate of drug-likeness (QED) is 0.290. The highest BCUT2D eigenvalue weighted by molar-refractivity contribution is 5.95. The van der Waals surface area contributed by atoms with Gasteiger partial charge in [0.1, 0.15) is 5.65 Å². The van der Waals surface area contributed by atoms with Crippen LogP contribution in [0.1, 0.15) is 26.4 Å². The fourth-order valence-corrected chi connectivity index (χ4v) is 4.24. The zero-order chi connectivity index (χ0) is 25.2. The molecule has 0 atom stereocenters. The molecule has 11 nitrogen and oxygen atoms in total. The van der Waals surface area contributed by atoms with Crippen molar-refractivity contribution in [3.63, 3.8) is 0 Å². The fraction of sp³-hybridized carbons (Fsp3) is 0.240. The van der Waals surface area contributed by atoms with Crippen LogP contribution in [0, 0.1) is 6.92 Å². The Kier molecular flexibility index (Phi) is 6.32. The molecular formula is C25H26N8O3. The molecule has 1 aliphatic rings. The molecule has 4 aromatic rings. The maximum absolute atomic E-state index is 13.1. The van der Waals surface area contributed by atoms with Gasteiger partial charge in [-0.3, -0.25) is 19.2 Å². The standard InChI is InChI=1S/C25H26N8O3/c1-16-22(20-9-10-26-25(29-20)28-19-6-3-17(4-7-19)23(34)30-36)33-15-18(5-8-21(33)27-16)24(35)32-13-11-31(2)12-14-32/h3-10,15,36H,11-14H2,1-2H3,(H,30,34)(H,26,28,29). The number of pyridine rings is 1. The summed E-state index contributed by atoms with van der Waals surface area (Å²) in [5.41, 5.74) is 6.14. The van der Waals surface area contributed by atoms with E-state index < -0.39 is 5.91 Å². The molecule has 0 unspecified atom stereocenters. The second-order valence-electron chi connectivity index (χ2n) is 8.70. The number of likely N-dealkylation sites (N-methyl/N-ethyl adjacent to an activating group) is 1. The zero-order valence-corrected chi connectivity index (χ0v) is 20.0. The topological polar surface area (TPSA) is 128 Å². The number of hydrogen-bond acceptors (Lipinski definition) is 8. The minimum atomic E-state index is -0.589. The average molecular weight is 487 g/mol. The van der Waals surface area contributed by atoms with Gasteiger partial charge >= 0.3 is 0 Å². The molecular weight excluding hydrogens is 460 g/mol. The van der Waals surface area contributed by atoms with Crippen LogP contribution in [-0.2, 0) is 0 Å². The van der Waals surface area contributed by atoms with E-state index in [2.05, 4.69) is 32.2 Å². The maximum atomic E-state index is 13.1. The highest BCUT2D eigenvalue weighted by atomic mass is 16.5. The number of nitrogens with zero attached hydrogens (tertiary/aromatic N) is 6. The van der Waals surface area contributed by atoms with Crippen molar-refractivity contribution in [2.24, 2.45) is 0 Å². The van der Waals surface area contributed by atoms with Crippen molar-refractivity contribution in [2.75, 3.05) is 38.5 Å². The molecule has 184 valence electrons. The minimum Gasteiger partial charge on any atom is -0.336 e. The van der Waals surface area contributed by atoms with E-state index in [0.717, 1.165) is 30.1 Å². The van der Waals surface area contributed by atoms with Crippen molar-refractivity contribution in [3.8, 4) is 11.4 Å². The number of carbonyl (C=O) groups excluding carboxylic acids is 2. The molecule has 0 bridgehead atoms. The summed E-state index contributed by atoms with van der Waals surface area (Å²) < 4.78 is 1.90. The first-order valence-electron chi connectivity index (χ1n) is 11.5. The number of nitrogens with one attached hydrogen (secondary N) is 2. The molecule has 0 saturated carbocycles. The zero-order valence-electron chi connectivity index (χ0n) is 20.0. The number of fused-ring (bicyclic) bond motifs is 1. The van der Waals surface area contributed by atoms with Crippen molar-refractivity contribution in [1.29, 1.82) is 0 Å². The molecule has 36 heavy (non-hydrogen) atoms. The minimum absolute atomic E-state index is 0.00525. The van der Waals surface area contributed by atoms with Crippen LogP contribution in [0.15, 0.2) is 54.9 Å². The number of rotatable bonds is 5. The maximum Gasteiger partial charge on any atom is 0.274 e. The van der Waals surface area contributed by atoms with Crippen molar-refractivity contribution in [2.45, 2.75) is 6.92 Å². The van der Waals surface area contributed by atoms with E-state index in [1.165, 1.54) is 0 Å². The molecule has 0 radical (unpaired) electrons. The van der Waals surface area contributed by atoms with Crippen molar-refractivity contribution in [3.05, 3.63) is 71.7 Å². The second kappa shape index (κ2) is 9.72. The predicted molar refractivity (Wildman–Crippen MR) is 133 cm³/mol. The van der Waals surface area contributed by atoms with E-state index in [9.17, 15) is 9.59 Å². The lowest BCUT2D eigenvalue weighted by molar-refractivity contribution is 0.0663. The number of carbonyl (C=O) groups is 2. The molecule has 3 N–H and O–H groups in total. The first kappa shape index (κ1) is 23.4. The van der Waals surface area contributed by atoms with Crippen molar-refractivity contribution >= 4 is 29.1 Å². The molecule has 5 rings (SSSR count). The largest absolute Gasteiger partial charge is 0.336 e. The summed E-state index contributed by atoms with van der Waals surface area (Å²) >= 11 is 0. The van der Waals surface area contributed by atoms with Crippen LogP contribution in [0.25, 0.3) is 17.0 Å². The number of aromatic nitrogens is 4. The Bertz CT molecular complexity index is 1430. The number of aryl methyl sites for hydroxylation is 1. The van der Waals surface area contributed by atoms with Crippen LogP contribution in [-0.4, -0.2) is 79.4 Å². The monoisotopic (exact) mass is 486 g/mol. The molecule has 1 saturated heterocycles. The van der Waals surface area contributed by atoms with Gasteiger partial charge in [-0.1, -0.05) is 0 Å². The van der Waals surface area contributed by atoms with Crippen LogP contribution < -0.4 is 10.8 Å². The van der Waals surface area contributed by atoms with Gasteiger partial charge in [0.05, 0.1) is 22.6 Å². The SMILES string of the molecule is Cc1nc2ccc(C(=O)N3CCN(C)CC3)cn2c1-c1ccnc(Nc2ccc(C(=O)NO)cc2)n1. The van der Waals surface area contributed by atoms with Gasteiger partial charge in [0, 0.05) is 49.8 Å². The highest BCUT2D eigenvalue weighted by Gasteiger charge is 2.22. The Morgan fingerprint density at radius 2 is 1.67 bits per heavy atom. The molecule has 2 amide bonds. The third-order valence-electron chi connectivity index (χ3n) is 6.23. The second-order valence-corrected chi connectivity index (χ2v) is 8.70. The molecule has 4 heterocycles. The first-order chi connectivity index (χ1) is 17.4. The highest BCUT2D eigenvalue weighted by Crippen LogP contribution is 2.25. The number of imidazole rings is 1. The lowest BCUT2D eigenvalue weighted by atomic mass is 10.2. The van der Waals surface area contributed by atoms with Gasteiger partial charge in [0.15, 0.2) is 0 Å². The number of hydroxylamine groups is 1. The molecule has 1 aliphatic heterocycles. The van der Waals surface area contributed by atoms with Gasteiger partial charge in [0.2, 0.25) is 5.95 Å². The summed E-state index contributed by atoms with van der Waals surface area (Å²) in [6.45, 7) is 5.03. The Morgan fingerprint density at radius 3 is 2.39 bits per heavy atom. The summed E-state index contributed by atoms with van der Waals surface area (Å²) in [4.78, 5) is 42.4. The number of anilines is 2. The van der Waals surface area contributed by atoms with Crippen LogP contribution in [0.3, 0.4) is 0 Å². The lowest BCUT2D eigenvalue weighted by Crippen LogP contribution is -2.47. The van der Waals surface area contributed by atoms with Gasteiger partial charge in [0.25, 0.3) is 11.8 Å². The van der Waals surface area contributed by atoms with Crippen LogP contribution in [0.5, 0.6) is 0 Å². The van der Waals surface area contributed by atoms with Crippen LogP contribution in [0.4, 0.5) is 11.6 Å². The Hall–Kier alpha value is -4.35. The molecule has 1 fully saturated rings. The van der Waals surface area contributed by atoms with E-state index in [1.807, 2.05) is 34.6 Å². The molecule has 0 spiro atoms. The normalized spacial score (nSPS) is 14.1. The first-order valence-corrected chi connectivity index (χ1v) is 11.5. The Labute approximate surface area is 207 Å². The van der Waals surface area contributed by atoms with E-state index in [-0.39, 0.29) is 5.91 Å². The van der Waals surface area contributed by atoms with E-state index >= 15 is 0 Å². The summed E-state index contributed by atoms with van der Waals surface area (Å²) in [6, 6.07) is 12.0. The van der Waals surface area contributed by atoms with E-state index in [1.54, 1.807) is 42.0 Å². The third-order valence-corrected chi connectivity index (χ3v) is 6.23. The van der Waals surface area contributed by atoms with Crippen molar-refractivity contribution in [1.82, 2.24) is 34.6 Å². The lowest BCUT2D eigenvalue weighted by Gasteiger charge is -2.32. The Balaban J connectivity index is 1.43. The summed E-state index contributed by atoms with van der Waals surface area (Å²) in [6.07, 6.45) is 3.47. The molecule has 11 heteroatoms. The van der Waals surface area contributed by atoms with Crippen molar-refractivity contribution < 1.29 is 14.8 Å². The molecule has 3 aromatic heterocycles. The summed E-state index contributed by atoms with van der Waals surface area (Å²) in [5, 5.41) is 11.9. The molecule has 0 aliphatic carbocycles. The van der Waals surface area contributed by atoms with Gasteiger partial charge in [-0.05, 0) is 56.4 Å². The fourth-order valence-electron chi connectivity index (χ4n) is 4.24. The average Bonchev–Trinajstić information content (AvgIpc) is 3.23. The van der Waals surface area contributed by atoms with Gasteiger partial charge in [-0.25, -0.2) is 20.4 Å². The molecule has 1 aromatic carbocycles. The number of amides is 2. The van der Waals surface area contributed by atoms with Crippen LogP contribution >= 0.6 is 0 Å². The number of benzene rings is 1. The predicted octanol–water partition coefficient (Wildman–Crippen LogP) is 2.35. The smallest absolute Gasteiger partial charge is 0.274 e. The van der Waals surface area contributed by atoms with Gasteiger partial charge in [-0.2, -0.15) is 0 Å². The number of piperazine rings is 1. The summed E-state index contributed by atoms with van der Waals surface area (Å²) in [5.74, 6) is -0.218. The van der Waals surface area contributed by atoms with Gasteiger partial charge in [-0.15, -0.1) is 0 Å². The third kappa shape index (κ3) is 4.61. The van der Waals surface area contributed by atoms with E-state index in [4.69, 9.17) is 5.21 Å². The van der Waals surface area contributed by atoms with Gasteiger partial charge < -0.3 is 15.1 Å². The van der Waals surface area contributed by atoms with Crippen LogP contribution in [0.2, 0.25) is 0 Å². The van der Waals surface area contributed by atoms with E-state index in [0.29, 0.717) is 41.5 Å². The Morgan fingerprint density at radius 1 is 0.944 bits per heavy atom. The summed E-state index contributed by atoms with van der Waals surface area (Å²) in [7, 11) is 2.06.